The normalized spacial score (nSPS) is 11.8. The summed E-state index contributed by atoms with van der Waals surface area (Å²) in [6.07, 6.45) is 1.37. The Morgan fingerprint density at radius 3 is 2.90 bits per heavy atom. The summed E-state index contributed by atoms with van der Waals surface area (Å²) in [7, 11) is 0. The van der Waals surface area contributed by atoms with E-state index in [0.29, 0.717) is 19.6 Å². The van der Waals surface area contributed by atoms with Crippen LogP contribution in [0.1, 0.15) is 25.3 Å². The molecule has 5 heteroatoms. The number of hydrogen-bond acceptors (Lipinski definition) is 3. The second-order valence-corrected chi connectivity index (χ2v) is 4.68. The lowest BCUT2D eigenvalue weighted by Crippen LogP contribution is -2.43. The van der Waals surface area contributed by atoms with E-state index in [-0.39, 0.29) is 18.7 Å². The van der Waals surface area contributed by atoms with Gasteiger partial charge in [-0.1, -0.05) is 19.1 Å². The van der Waals surface area contributed by atoms with Crippen LogP contribution in [-0.4, -0.2) is 36.9 Å². The highest BCUT2D eigenvalue weighted by atomic mass is 16.5. The van der Waals surface area contributed by atoms with E-state index in [4.69, 9.17) is 9.84 Å². The van der Waals surface area contributed by atoms with Crippen LogP contribution in [0.2, 0.25) is 0 Å². The molecule has 0 saturated heterocycles. The minimum atomic E-state index is -0.224. The summed E-state index contributed by atoms with van der Waals surface area (Å²) < 4.78 is 5.53. The van der Waals surface area contributed by atoms with E-state index in [9.17, 15) is 4.79 Å². The first-order valence-corrected chi connectivity index (χ1v) is 7.00. The Labute approximate surface area is 120 Å². The van der Waals surface area contributed by atoms with Gasteiger partial charge in [-0.3, -0.25) is 0 Å². The van der Waals surface area contributed by atoms with Crippen molar-refractivity contribution in [3.8, 4) is 5.75 Å². The summed E-state index contributed by atoms with van der Waals surface area (Å²) >= 11 is 0. The Morgan fingerprint density at radius 1 is 1.45 bits per heavy atom. The lowest BCUT2D eigenvalue weighted by molar-refractivity contribution is 0.224. The molecule has 3 N–H and O–H groups in total. The standard InChI is InChI=1S/C15H24N2O3/c1-3-13(7-9-18)17-15(19)16-8-10-20-14-6-4-5-12(2)11-14/h4-6,11,13,18H,3,7-10H2,1-2H3,(H2,16,17,19). The van der Waals surface area contributed by atoms with Gasteiger partial charge in [0.25, 0.3) is 0 Å². The molecule has 0 aliphatic rings. The fourth-order valence-electron chi connectivity index (χ4n) is 1.81. The highest BCUT2D eigenvalue weighted by Crippen LogP contribution is 2.11. The Bertz CT molecular complexity index is 410. The third-order valence-corrected chi connectivity index (χ3v) is 2.95. The van der Waals surface area contributed by atoms with Gasteiger partial charge in [0.2, 0.25) is 0 Å². The molecule has 0 aromatic heterocycles. The summed E-state index contributed by atoms with van der Waals surface area (Å²) in [4.78, 5) is 11.6. The number of benzene rings is 1. The van der Waals surface area contributed by atoms with Gasteiger partial charge in [-0.25, -0.2) is 4.79 Å². The maximum Gasteiger partial charge on any atom is 0.315 e. The zero-order chi connectivity index (χ0) is 14.8. The zero-order valence-electron chi connectivity index (χ0n) is 12.2. The SMILES string of the molecule is CCC(CCO)NC(=O)NCCOc1cccc(C)c1. The first-order valence-electron chi connectivity index (χ1n) is 7.00. The van der Waals surface area contributed by atoms with Crippen LogP contribution in [0, 0.1) is 6.92 Å². The molecule has 1 atom stereocenters. The summed E-state index contributed by atoms with van der Waals surface area (Å²) in [6, 6.07) is 7.57. The van der Waals surface area contributed by atoms with Gasteiger partial charge in [0.1, 0.15) is 12.4 Å². The molecule has 0 aliphatic heterocycles. The van der Waals surface area contributed by atoms with Crippen molar-refractivity contribution in [3.05, 3.63) is 29.8 Å². The molecule has 2 amide bonds. The number of carbonyl (C=O) groups is 1. The monoisotopic (exact) mass is 280 g/mol. The minimum Gasteiger partial charge on any atom is -0.492 e. The first kappa shape index (κ1) is 16.3. The number of ether oxygens (including phenoxy) is 1. The molecule has 1 aromatic rings. The quantitative estimate of drug-likeness (QED) is 0.636. The van der Waals surface area contributed by atoms with Crippen LogP contribution in [0.4, 0.5) is 4.79 Å². The van der Waals surface area contributed by atoms with E-state index in [1.807, 2.05) is 38.1 Å². The van der Waals surface area contributed by atoms with E-state index in [1.54, 1.807) is 0 Å². The first-order chi connectivity index (χ1) is 9.65. The largest absolute Gasteiger partial charge is 0.492 e. The highest BCUT2D eigenvalue weighted by Gasteiger charge is 2.08. The molecule has 112 valence electrons. The maximum absolute atomic E-state index is 11.6. The lowest BCUT2D eigenvalue weighted by atomic mass is 10.2. The van der Waals surface area contributed by atoms with Crippen LogP contribution >= 0.6 is 0 Å². The number of aryl methyl sites for hydroxylation is 1. The van der Waals surface area contributed by atoms with Gasteiger partial charge in [-0.05, 0) is 37.5 Å². The number of aliphatic hydroxyl groups is 1. The fourth-order valence-corrected chi connectivity index (χ4v) is 1.81. The van der Waals surface area contributed by atoms with Crippen molar-refractivity contribution in [3.63, 3.8) is 0 Å². The van der Waals surface area contributed by atoms with Gasteiger partial charge >= 0.3 is 6.03 Å². The summed E-state index contributed by atoms with van der Waals surface area (Å²) in [6.45, 7) is 4.92. The Morgan fingerprint density at radius 2 is 2.25 bits per heavy atom. The number of aliphatic hydroxyl groups excluding tert-OH is 1. The van der Waals surface area contributed by atoms with Crippen LogP contribution in [0.3, 0.4) is 0 Å². The fraction of sp³-hybridized carbons (Fsp3) is 0.533. The Balaban J connectivity index is 2.18. The molecule has 1 aromatic carbocycles. The average molecular weight is 280 g/mol. The number of hydrogen-bond donors (Lipinski definition) is 3. The summed E-state index contributed by atoms with van der Waals surface area (Å²) in [5.74, 6) is 0.805. The van der Waals surface area contributed by atoms with E-state index < -0.39 is 0 Å². The summed E-state index contributed by atoms with van der Waals surface area (Å²) in [5, 5.41) is 14.4. The number of carbonyl (C=O) groups excluding carboxylic acids is 1. The van der Waals surface area contributed by atoms with Gasteiger partial charge in [-0.15, -0.1) is 0 Å². The third kappa shape index (κ3) is 6.43. The van der Waals surface area contributed by atoms with Crippen molar-refractivity contribution < 1.29 is 14.6 Å². The van der Waals surface area contributed by atoms with Gasteiger partial charge in [0.05, 0.1) is 6.54 Å². The molecule has 0 bridgehead atoms. The third-order valence-electron chi connectivity index (χ3n) is 2.95. The van der Waals surface area contributed by atoms with Crippen LogP contribution in [0.25, 0.3) is 0 Å². The Kier molecular flexibility index (Phi) is 7.50. The molecule has 20 heavy (non-hydrogen) atoms. The molecule has 5 nitrogen and oxygen atoms in total. The number of nitrogens with one attached hydrogen (secondary N) is 2. The van der Waals surface area contributed by atoms with Crippen LogP contribution in [0.15, 0.2) is 24.3 Å². The summed E-state index contributed by atoms with van der Waals surface area (Å²) in [5.41, 5.74) is 1.14. The Hall–Kier alpha value is -1.75. The van der Waals surface area contributed by atoms with Gasteiger partial charge in [0, 0.05) is 12.6 Å². The predicted molar refractivity (Wildman–Crippen MR) is 79.0 cm³/mol. The molecule has 0 radical (unpaired) electrons. The van der Waals surface area contributed by atoms with Crippen molar-refractivity contribution in [1.82, 2.24) is 10.6 Å². The molecule has 0 aliphatic carbocycles. The smallest absolute Gasteiger partial charge is 0.315 e. The molecular weight excluding hydrogens is 256 g/mol. The van der Waals surface area contributed by atoms with Gasteiger partial charge in [-0.2, -0.15) is 0 Å². The van der Waals surface area contributed by atoms with Crippen molar-refractivity contribution in [2.75, 3.05) is 19.8 Å². The molecule has 1 rings (SSSR count). The molecule has 0 fully saturated rings. The highest BCUT2D eigenvalue weighted by molar-refractivity contribution is 5.74. The molecule has 1 unspecified atom stereocenters. The topological polar surface area (TPSA) is 70.6 Å². The average Bonchev–Trinajstić information content (AvgIpc) is 2.43. The van der Waals surface area contributed by atoms with Crippen LogP contribution in [0.5, 0.6) is 5.75 Å². The number of amides is 2. The van der Waals surface area contributed by atoms with E-state index >= 15 is 0 Å². The molecular formula is C15H24N2O3. The van der Waals surface area contributed by atoms with Crippen molar-refractivity contribution in [2.45, 2.75) is 32.7 Å². The van der Waals surface area contributed by atoms with Crippen LogP contribution < -0.4 is 15.4 Å². The number of urea groups is 1. The van der Waals surface area contributed by atoms with Crippen molar-refractivity contribution >= 4 is 6.03 Å². The molecule has 0 spiro atoms. The predicted octanol–water partition coefficient (Wildman–Crippen LogP) is 1.83. The van der Waals surface area contributed by atoms with Gasteiger partial charge < -0.3 is 20.5 Å². The lowest BCUT2D eigenvalue weighted by Gasteiger charge is -2.16. The number of rotatable bonds is 8. The minimum absolute atomic E-state index is 0.0118. The maximum atomic E-state index is 11.6. The van der Waals surface area contributed by atoms with E-state index in [0.717, 1.165) is 17.7 Å². The molecule has 0 heterocycles. The zero-order valence-corrected chi connectivity index (χ0v) is 12.2. The van der Waals surface area contributed by atoms with Crippen molar-refractivity contribution in [2.24, 2.45) is 0 Å². The van der Waals surface area contributed by atoms with Crippen molar-refractivity contribution in [1.29, 1.82) is 0 Å². The van der Waals surface area contributed by atoms with Crippen LogP contribution in [-0.2, 0) is 0 Å². The van der Waals surface area contributed by atoms with E-state index in [2.05, 4.69) is 10.6 Å². The van der Waals surface area contributed by atoms with E-state index in [1.165, 1.54) is 0 Å². The second kappa shape index (κ2) is 9.20. The van der Waals surface area contributed by atoms with Gasteiger partial charge in [0.15, 0.2) is 0 Å². The molecule has 0 saturated carbocycles. The second-order valence-electron chi connectivity index (χ2n) is 4.68.